The lowest BCUT2D eigenvalue weighted by Crippen LogP contribution is -2.52. The summed E-state index contributed by atoms with van der Waals surface area (Å²) in [5.41, 5.74) is 2.97. The quantitative estimate of drug-likeness (QED) is 0.410. The third-order valence-corrected chi connectivity index (χ3v) is 8.55. The number of piperidine rings is 2. The molecule has 1 aromatic carbocycles. The highest BCUT2D eigenvalue weighted by molar-refractivity contribution is 6.05. The van der Waals surface area contributed by atoms with Gasteiger partial charge in [0.1, 0.15) is 6.04 Å². The second-order valence-electron chi connectivity index (χ2n) is 11.2. The van der Waals surface area contributed by atoms with Crippen molar-refractivity contribution in [3.05, 3.63) is 34.9 Å². The molecule has 1 aromatic rings. The summed E-state index contributed by atoms with van der Waals surface area (Å²) in [5, 5.41) is 9.49. The Labute approximate surface area is 230 Å². The van der Waals surface area contributed by atoms with E-state index >= 15 is 0 Å². The van der Waals surface area contributed by atoms with E-state index in [-0.39, 0.29) is 30.8 Å². The van der Waals surface area contributed by atoms with Crippen molar-refractivity contribution in [3.63, 3.8) is 0 Å². The van der Waals surface area contributed by atoms with Crippen molar-refractivity contribution in [1.82, 2.24) is 15.1 Å². The molecule has 1 aliphatic carbocycles. The van der Waals surface area contributed by atoms with Crippen LogP contribution in [0.3, 0.4) is 0 Å². The summed E-state index contributed by atoms with van der Waals surface area (Å²) >= 11 is 0. The molecule has 3 amide bonds. The number of likely N-dealkylation sites (tertiary alicyclic amines) is 1. The molecule has 0 aromatic heterocycles. The first-order chi connectivity index (χ1) is 19.0. The number of imide groups is 1. The smallest absolute Gasteiger partial charge is 0.475 e. The molecule has 5 rings (SSSR count). The van der Waals surface area contributed by atoms with Gasteiger partial charge in [0.2, 0.25) is 11.8 Å². The molecule has 2 N–H and O–H groups in total. The first-order valence-electron chi connectivity index (χ1n) is 13.8. The van der Waals surface area contributed by atoms with Gasteiger partial charge in [-0.05, 0) is 93.0 Å². The Kier molecular flexibility index (Phi) is 9.48. The Bertz CT molecular complexity index is 1110. The van der Waals surface area contributed by atoms with Gasteiger partial charge in [0.05, 0.1) is 6.67 Å². The summed E-state index contributed by atoms with van der Waals surface area (Å²) < 4.78 is 44.6. The molecule has 2 saturated heterocycles. The normalized spacial score (nSPS) is 26.1. The van der Waals surface area contributed by atoms with Gasteiger partial charge in [0.15, 0.2) is 0 Å². The summed E-state index contributed by atoms with van der Waals surface area (Å²) in [6.45, 7) is 3.61. The molecule has 12 heteroatoms. The number of halogens is 4. The van der Waals surface area contributed by atoms with E-state index in [1.54, 1.807) is 4.90 Å². The molecule has 3 heterocycles. The first-order valence-corrected chi connectivity index (χ1v) is 13.8. The van der Waals surface area contributed by atoms with E-state index in [0.29, 0.717) is 36.3 Å². The molecule has 0 radical (unpaired) electrons. The van der Waals surface area contributed by atoms with Crippen LogP contribution in [0.25, 0.3) is 0 Å². The lowest BCUT2D eigenvalue weighted by Gasteiger charge is -2.36. The third kappa shape index (κ3) is 7.18. The van der Waals surface area contributed by atoms with Crippen LogP contribution in [0.2, 0.25) is 0 Å². The highest BCUT2D eigenvalue weighted by Crippen LogP contribution is 2.35. The lowest BCUT2D eigenvalue weighted by atomic mass is 9.81. The van der Waals surface area contributed by atoms with Crippen LogP contribution in [0.1, 0.15) is 78.8 Å². The number of hydrogen-bond donors (Lipinski definition) is 2. The van der Waals surface area contributed by atoms with Crippen LogP contribution in [0.5, 0.6) is 0 Å². The fourth-order valence-electron chi connectivity index (χ4n) is 6.23. The van der Waals surface area contributed by atoms with Gasteiger partial charge < -0.3 is 14.9 Å². The van der Waals surface area contributed by atoms with Gasteiger partial charge in [-0.1, -0.05) is 12.1 Å². The third-order valence-electron chi connectivity index (χ3n) is 8.55. The van der Waals surface area contributed by atoms with E-state index in [9.17, 15) is 31.9 Å². The molecule has 220 valence electrons. The Balaban J connectivity index is 0.000000470. The molecule has 1 atom stereocenters. The van der Waals surface area contributed by atoms with Gasteiger partial charge in [0.25, 0.3) is 5.91 Å². The van der Waals surface area contributed by atoms with Gasteiger partial charge in [0, 0.05) is 25.1 Å². The number of benzene rings is 1. The number of aliphatic carboxylic acids is 1. The van der Waals surface area contributed by atoms with Crippen LogP contribution in [-0.2, 0) is 20.9 Å². The summed E-state index contributed by atoms with van der Waals surface area (Å²) in [6, 6.07) is 5.62. The zero-order valence-corrected chi connectivity index (χ0v) is 22.2. The van der Waals surface area contributed by atoms with Crippen molar-refractivity contribution >= 4 is 23.7 Å². The molecule has 3 aliphatic heterocycles. The molecule has 0 spiro atoms. The number of nitrogens with one attached hydrogen (secondary N) is 1. The highest BCUT2D eigenvalue weighted by Gasteiger charge is 2.40. The van der Waals surface area contributed by atoms with Gasteiger partial charge in [-0.15, -0.1) is 0 Å². The maximum atomic E-state index is 12.9. The van der Waals surface area contributed by atoms with Crippen LogP contribution in [0.4, 0.5) is 17.6 Å². The molecular weight excluding hydrogens is 534 g/mol. The van der Waals surface area contributed by atoms with E-state index in [2.05, 4.69) is 22.3 Å². The molecule has 1 saturated carbocycles. The molecule has 4 aliphatic rings. The van der Waals surface area contributed by atoms with Crippen LogP contribution >= 0.6 is 0 Å². The van der Waals surface area contributed by atoms with Crippen molar-refractivity contribution < 1.29 is 41.8 Å². The SMILES string of the molecule is O=C(O)C(F)(F)F.O=C1CCC(N2Cc3cc(C4CCN(CC5CCC(CF)CC5)CC4)ccc3C2=O)C(=O)N1. The Hall–Kier alpha value is -3.02. The number of fused-ring (bicyclic) bond motifs is 1. The predicted octanol–water partition coefficient (Wildman–Crippen LogP) is 4.04. The fraction of sp³-hybridized carbons (Fsp3) is 0.643. The van der Waals surface area contributed by atoms with Gasteiger partial charge >= 0.3 is 12.1 Å². The lowest BCUT2D eigenvalue weighted by molar-refractivity contribution is -0.192. The number of carbonyl (C=O) groups is 4. The van der Waals surface area contributed by atoms with E-state index in [4.69, 9.17) is 9.90 Å². The van der Waals surface area contributed by atoms with Crippen molar-refractivity contribution in [2.45, 2.75) is 76.0 Å². The van der Waals surface area contributed by atoms with Crippen LogP contribution in [-0.4, -0.2) is 77.1 Å². The Morgan fingerprint density at radius 3 is 2.17 bits per heavy atom. The van der Waals surface area contributed by atoms with E-state index in [1.807, 2.05) is 6.07 Å². The van der Waals surface area contributed by atoms with E-state index in [1.165, 1.54) is 5.56 Å². The summed E-state index contributed by atoms with van der Waals surface area (Å²) in [6.07, 6.45) is 2.23. The monoisotopic (exact) mass is 569 g/mol. The fourth-order valence-corrected chi connectivity index (χ4v) is 6.23. The number of carboxylic acid groups (broad SMARTS) is 1. The molecule has 8 nitrogen and oxygen atoms in total. The number of alkyl halides is 4. The minimum Gasteiger partial charge on any atom is -0.475 e. The summed E-state index contributed by atoms with van der Waals surface area (Å²) in [4.78, 5) is 49.7. The maximum Gasteiger partial charge on any atom is 0.490 e. The van der Waals surface area contributed by atoms with Crippen LogP contribution in [0.15, 0.2) is 18.2 Å². The number of carbonyl (C=O) groups excluding carboxylic acids is 3. The average molecular weight is 570 g/mol. The zero-order chi connectivity index (χ0) is 29.0. The van der Waals surface area contributed by atoms with Crippen LogP contribution < -0.4 is 5.32 Å². The molecular formula is C28H35F4N3O5. The molecule has 40 heavy (non-hydrogen) atoms. The minimum atomic E-state index is -5.08. The molecule has 1 unspecified atom stereocenters. The highest BCUT2D eigenvalue weighted by atomic mass is 19.4. The Morgan fingerprint density at radius 1 is 0.975 bits per heavy atom. The van der Waals surface area contributed by atoms with Crippen molar-refractivity contribution in [3.8, 4) is 0 Å². The minimum absolute atomic E-state index is 0.108. The number of hydrogen-bond acceptors (Lipinski definition) is 5. The summed E-state index contributed by atoms with van der Waals surface area (Å²) in [7, 11) is 0. The van der Waals surface area contributed by atoms with E-state index in [0.717, 1.165) is 63.7 Å². The largest absolute Gasteiger partial charge is 0.490 e. The maximum absolute atomic E-state index is 12.9. The Morgan fingerprint density at radius 2 is 1.60 bits per heavy atom. The number of carboxylic acids is 1. The average Bonchev–Trinajstić information content (AvgIpc) is 3.24. The van der Waals surface area contributed by atoms with Gasteiger partial charge in [-0.3, -0.25) is 24.1 Å². The number of amides is 3. The second-order valence-corrected chi connectivity index (χ2v) is 11.2. The van der Waals surface area contributed by atoms with Crippen molar-refractivity contribution in [2.24, 2.45) is 11.8 Å². The van der Waals surface area contributed by atoms with Crippen molar-refractivity contribution in [2.75, 3.05) is 26.3 Å². The van der Waals surface area contributed by atoms with Gasteiger partial charge in [-0.2, -0.15) is 13.2 Å². The topological polar surface area (TPSA) is 107 Å². The van der Waals surface area contributed by atoms with Crippen molar-refractivity contribution in [1.29, 1.82) is 0 Å². The summed E-state index contributed by atoms with van der Waals surface area (Å²) in [5.74, 6) is -1.98. The van der Waals surface area contributed by atoms with Gasteiger partial charge in [-0.25, -0.2) is 4.79 Å². The first kappa shape index (κ1) is 30.0. The second kappa shape index (κ2) is 12.7. The molecule has 0 bridgehead atoms. The van der Waals surface area contributed by atoms with E-state index < -0.39 is 18.2 Å². The number of nitrogens with zero attached hydrogens (tertiary/aromatic N) is 2. The standard InChI is InChI=1S/C26H34FN3O3.C2HF3O2/c27-14-17-1-3-18(4-2-17)15-29-11-9-19(10-12-29)20-5-6-22-21(13-20)16-30(26(22)33)23-7-8-24(31)28-25(23)32;3-2(4,5)1(6)7/h5-6,13,17-19,23H,1-4,7-12,14-16H2,(H,28,31,32);(H,6,7). The van der Waals surface area contributed by atoms with Crippen LogP contribution in [0, 0.1) is 11.8 Å². The predicted molar refractivity (Wildman–Crippen MR) is 136 cm³/mol. The zero-order valence-electron chi connectivity index (χ0n) is 22.2. The molecule has 3 fully saturated rings. The number of rotatable bonds is 5.